The zero-order valence-corrected chi connectivity index (χ0v) is 13.5. The summed E-state index contributed by atoms with van der Waals surface area (Å²) in [5.41, 5.74) is 6.60. The van der Waals surface area contributed by atoms with Crippen LogP contribution in [0.5, 0.6) is 0 Å². The molecule has 0 bridgehead atoms. The molecule has 0 saturated heterocycles. The van der Waals surface area contributed by atoms with Gasteiger partial charge in [-0.05, 0) is 19.1 Å². The Morgan fingerprint density at radius 2 is 1.82 bits per heavy atom. The van der Waals surface area contributed by atoms with Crippen LogP contribution in [0.15, 0.2) is 23.0 Å². The van der Waals surface area contributed by atoms with Crippen LogP contribution in [0.1, 0.15) is 15.9 Å². The number of benzene rings is 2. The number of nitrogens with two attached hydrogens (primary N) is 1. The first-order valence-corrected chi connectivity index (χ1v) is 7.39. The van der Waals surface area contributed by atoms with Crippen LogP contribution in [-0.2, 0) is 0 Å². The van der Waals surface area contributed by atoms with Crippen molar-refractivity contribution in [1.82, 2.24) is 4.98 Å². The Labute approximate surface area is 139 Å². The highest BCUT2D eigenvalue weighted by Gasteiger charge is 2.23. The highest BCUT2D eigenvalue weighted by atomic mass is 35.5. The summed E-state index contributed by atoms with van der Waals surface area (Å²) in [6.45, 7) is 1.87. The minimum absolute atomic E-state index is 0.0365. The van der Waals surface area contributed by atoms with Crippen molar-refractivity contribution < 1.29 is 4.79 Å². The molecule has 0 fully saturated rings. The van der Waals surface area contributed by atoms with Gasteiger partial charge in [-0.25, -0.2) is 0 Å². The third-order valence-corrected chi connectivity index (χ3v) is 4.70. The summed E-state index contributed by atoms with van der Waals surface area (Å²) in [6.07, 6.45) is 0. The third-order valence-electron chi connectivity index (χ3n) is 3.47. The summed E-state index contributed by atoms with van der Waals surface area (Å²) in [5.74, 6) is -0.845. The molecule has 1 heterocycles. The number of hydrogen-bond acceptors (Lipinski definition) is 2. The van der Waals surface area contributed by atoms with E-state index >= 15 is 0 Å². The quantitative estimate of drug-likeness (QED) is 0.510. The Balaban J connectivity index is 2.66. The number of amides is 1. The van der Waals surface area contributed by atoms with Crippen molar-refractivity contribution in [3.8, 4) is 0 Å². The van der Waals surface area contributed by atoms with Gasteiger partial charge in [0.05, 0.1) is 31.5 Å². The number of aryl methyl sites for hydroxylation is 1. The van der Waals surface area contributed by atoms with Crippen LogP contribution in [0.3, 0.4) is 0 Å². The number of rotatable bonds is 1. The van der Waals surface area contributed by atoms with Gasteiger partial charge in [-0.3, -0.25) is 9.59 Å². The number of halogens is 3. The molecular weight excluding hydrogens is 347 g/mol. The number of primary amides is 1. The molecule has 0 aliphatic rings. The second-order valence-electron chi connectivity index (χ2n) is 4.93. The number of nitrogens with one attached hydrogen (secondary N) is 1. The fourth-order valence-electron chi connectivity index (χ4n) is 2.43. The van der Waals surface area contributed by atoms with Gasteiger partial charge in [0.25, 0.3) is 5.91 Å². The van der Waals surface area contributed by atoms with Crippen molar-refractivity contribution in [3.63, 3.8) is 0 Å². The normalized spacial score (nSPS) is 11.3. The van der Waals surface area contributed by atoms with Crippen LogP contribution in [0.25, 0.3) is 21.8 Å². The van der Waals surface area contributed by atoms with E-state index in [0.717, 1.165) is 5.56 Å². The van der Waals surface area contributed by atoms with Gasteiger partial charge in [0.2, 0.25) is 0 Å². The molecule has 3 N–H and O–H groups in total. The molecule has 22 heavy (non-hydrogen) atoms. The molecule has 7 heteroatoms. The fraction of sp³-hybridized carbons (Fsp3) is 0.0667. The molecular formula is C15H9Cl3N2O2. The lowest BCUT2D eigenvalue weighted by atomic mass is 10.1. The molecule has 1 aromatic heterocycles. The summed E-state index contributed by atoms with van der Waals surface area (Å²) < 4.78 is 0. The predicted molar refractivity (Wildman–Crippen MR) is 90.4 cm³/mol. The summed E-state index contributed by atoms with van der Waals surface area (Å²) in [5, 5.41) is 0.413. The highest BCUT2D eigenvalue weighted by molar-refractivity contribution is 6.50. The molecule has 112 valence electrons. The van der Waals surface area contributed by atoms with E-state index in [-0.39, 0.29) is 37.0 Å². The van der Waals surface area contributed by atoms with Gasteiger partial charge in [-0.2, -0.15) is 0 Å². The van der Waals surface area contributed by atoms with Crippen molar-refractivity contribution in [2.45, 2.75) is 6.92 Å². The lowest BCUT2D eigenvalue weighted by molar-refractivity contribution is 0.100. The smallest absolute Gasteiger partial charge is 0.251 e. The van der Waals surface area contributed by atoms with Crippen LogP contribution >= 0.6 is 34.8 Å². The van der Waals surface area contributed by atoms with Crippen LogP contribution in [-0.4, -0.2) is 10.9 Å². The summed E-state index contributed by atoms with van der Waals surface area (Å²) >= 11 is 18.4. The number of carbonyl (C=O) groups excluding carboxylic acids is 1. The molecule has 0 radical (unpaired) electrons. The minimum atomic E-state index is -0.845. The van der Waals surface area contributed by atoms with Gasteiger partial charge >= 0.3 is 0 Å². The maximum absolute atomic E-state index is 12.7. The number of aromatic amines is 1. The second-order valence-corrected chi connectivity index (χ2v) is 6.07. The molecule has 2 aromatic carbocycles. The summed E-state index contributed by atoms with van der Waals surface area (Å²) in [6, 6.07) is 5.36. The number of hydrogen-bond donors (Lipinski definition) is 2. The highest BCUT2D eigenvalue weighted by Crippen LogP contribution is 2.38. The first-order chi connectivity index (χ1) is 10.3. The van der Waals surface area contributed by atoms with E-state index in [9.17, 15) is 9.59 Å². The first kappa shape index (κ1) is 15.2. The molecule has 3 rings (SSSR count). The van der Waals surface area contributed by atoms with Gasteiger partial charge in [-0.1, -0.05) is 46.4 Å². The van der Waals surface area contributed by atoms with Crippen molar-refractivity contribution in [2.75, 3.05) is 0 Å². The second kappa shape index (κ2) is 5.16. The molecule has 0 saturated carbocycles. The van der Waals surface area contributed by atoms with Crippen molar-refractivity contribution >= 4 is 62.5 Å². The predicted octanol–water partition coefficient (Wildman–Crippen LogP) is 4.05. The van der Waals surface area contributed by atoms with E-state index in [0.29, 0.717) is 10.9 Å². The summed E-state index contributed by atoms with van der Waals surface area (Å²) in [7, 11) is 0. The largest absolute Gasteiger partial charge is 0.366 e. The molecule has 0 aliphatic heterocycles. The Bertz CT molecular complexity index is 1030. The standard InChI is InChI=1S/C15H9Cl3N2O2/c1-5-2-3-7-6(4-5)14(21)9-10(16)8(15(19)22)11(17)12(18)13(9)20-7/h2-4H,1H3,(H2,19,22)(H,20,21). The van der Waals surface area contributed by atoms with Crippen molar-refractivity contribution in [2.24, 2.45) is 5.73 Å². The molecule has 0 spiro atoms. The van der Waals surface area contributed by atoms with E-state index in [4.69, 9.17) is 40.5 Å². The number of fused-ring (bicyclic) bond motifs is 2. The fourth-order valence-corrected chi connectivity index (χ4v) is 3.37. The maximum Gasteiger partial charge on any atom is 0.251 e. The Morgan fingerprint density at radius 3 is 2.45 bits per heavy atom. The van der Waals surface area contributed by atoms with Gasteiger partial charge in [0, 0.05) is 10.9 Å². The van der Waals surface area contributed by atoms with Crippen LogP contribution < -0.4 is 11.2 Å². The average Bonchev–Trinajstić information content (AvgIpc) is 2.45. The van der Waals surface area contributed by atoms with Gasteiger partial charge < -0.3 is 10.7 Å². The molecule has 0 aliphatic carbocycles. The van der Waals surface area contributed by atoms with Gasteiger partial charge in [-0.15, -0.1) is 0 Å². The molecule has 3 aromatic rings. The number of pyridine rings is 1. The third kappa shape index (κ3) is 2.07. The molecule has 1 amide bonds. The van der Waals surface area contributed by atoms with E-state index in [2.05, 4.69) is 4.98 Å². The topological polar surface area (TPSA) is 76.0 Å². The first-order valence-electron chi connectivity index (χ1n) is 6.25. The van der Waals surface area contributed by atoms with E-state index in [1.165, 1.54) is 0 Å². The Hall–Kier alpha value is -1.75. The number of aromatic nitrogens is 1. The van der Waals surface area contributed by atoms with E-state index in [1.807, 2.05) is 13.0 Å². The Morgan fingerprint density at radius 1 is 1.14 bits per heavy atom. The number of carbonyl (C=O) groups is 1. The van der Waals surface area contributed by atoms with Crippen molar-refractivity contribution in [3.05, 3.63) is 54.6 Å². The van der Waals surface area contributed by atoms with Crippen LogP contribution in [0.4, 0.5) is 0 Å². The van der Waals surface area contributed by atoms with Crippen LogP contribution in [0.2, 0.25) is 15.1 Å². The molecule has 4 nitrogen and oxygen atoms in total. The maximum atomic E-state index is 12.7. The van der Waals surface area contributed by atoms with Crippen molar-refractivity contribution in [1.29, 1.82) is 0 Å². The van der Waals surface area contributed by atoms with E-state index < -0.39 is 5.91 Å². The van der Waals surface area contributed by atoms with Gasteiger partial charge in [0.15, 0.2) is 5.43 Å². The van der Waals surface area contributed by atoms with Crippen LogP contribution in [0, 0.1) is 6.92 Å². The monoisotopic (exact) mass is 354 g/mol. The minimum Gasteiger partial charge on any atom is -0.366 e. The Kier molecular flexibility index (Phi) is 3.56. The van der Waals surface area contributed by atoms with Gasteiger partial charge in [0.1, 0.15) is 0 Å². The average molecular weight is 356 g/mol. The van der Waals surface area contributed by atoms with E-state index in [1.54, 1.807) is 12.1 Å². The lowest BCUT2D eigenvalue weighted by Gasteiger charge is -2.11. The summed E-state index contributed by atoms with van der Waals surface area (Å²) in [4.78, 5) is 27.3. The lowest BCUT2D eigenvalue weighted by Crippen LogP contribution is -2.15. The zero-order valence-electron chi connectivity index (χ0n) is 11.3. The molecule has 0 unspecified atom stereocenters. The number of H-pyrrole nitrogens is 1. The SMILES string of the molecule is Cc1ccc2[nH]c3c(Cl)c(Cl)c(C(N)=O)c(Cl)c3c(=O)c2c1. The molecule has 0 atom stereocenters. The zero-order chi connectivity index (χ0) is 16.2.